The van der Waals surface area contributed by atoms with E-state index < -0.39 is 17.2 Å². The van der Waals surface area contributed by atoms with E-state index in [1.165, 1.54) is 0 Å². The van der Waals surface area contributed by atoms with Crippen molar-refractivity contribution in [2.75, 3.05) is 0 Å². The normalized spacial score (nSPS) is 15.3. The average molecular weight is 279 g/mol. The molecule has 0 aliphatic carbocycles. The number of furan rings is 1. The van der Waals surface area contributed by atoms with E-state index in [2.05, 4.69) is 5.32 Å². The second-order valence-corrected chi connectivity index (χ2v) is 5.79. The van der Waals surface area contributed by atoms with Crippen LogP contribution in [0, 0.1) is 0 Å². The molecule has 1 heterocycles. The van der Waals surface area contributed by atoms with Crippen molar-refractivity contribution >= 4 is 18.5 Å². The van der Waals surface area contributed by atoms with Gasteiger partial charge >= 0.3 is 6.09 Å². The molecular formula is C15H21NO4. The molecule has 1 rings (SSSR count). The molecule has 1 aromatic rings. The van der Waals surface area contributed by atoms with E-state index in [9.17, 15) is 9.59 Å². The smallest absolute Gasteiger partial charge is 0.408 e. The Morgan fingerprint density at radius 1 is 1.35 bits per heavy atom. The van der Waals surface area contributed by atoms with Crippen molar-refractivity contribution in [3.63, 3.8) is 0 Å². The molecule has 0 spiro atoms. The first-order chi connectivity index (χ1) is 9.16. The van der Waals surface area contributed by atoms with E-state index in [-0.39, 0.29) is 0 Å². The van der Waals surface area contributed by atoms with E-state index in [0.29, 0.717) is 17.6 Å². The summed E-state index contributed by atoms with van der Waals surface area (Å²) in [7, 11) is 0. The van der Waals surface area contributed by atoms with Gasteiger partial charge in [-0.05, 0) is 58.4 Å². The predicted molar refractivity (Wildman–Crippen MR) is 76.2 cm³/mol. The van der Waals surface area contributed by atoms with Crippen molar-refractivity contribution in [2.45, 2.75) is 45.8 Å². The zero-order valence-corrected chi connectivity index (χ0v) is 12.5. The van der Waals surface area contributed by atoms with Gasteiger partial charge in [-0.1, -0.05) is 0 Å². The lowest BCUT2D eigenvalue weighted by molar-refractivity contribution is -0.111. The quantitative estimate of drug-likeness (QED) is 0.859. The molecule has 1 amide bonds. The van der Waals surface area contributed by atoms with Gasteiger partial charge in [0.1, 0.15) is 23.2 Å². The predicted octanol–water partition coefficient (Wildman–Crippen LogP) is 3.17. The summed E-state index contributed by atoms with van der Waals surface area (Å²) in [6, 6.07) is 3.51. The molecule has 0 saturated carbocycles. The highest BCUT2D eigenvalue weighted by molar-refractivity contribution is 5.81. The highest BCUT2D eigenvalue weighted by Gasteiger charge is 2.30. The third kappa shape index (κ3) is 4.57. The van der Waals surface area contributed by atoms with E-state index in [1.54, 1.807) is 59.1 Å². The Labute approximate surface area is 119 Å². The summed E-state index contributed by atoms with van der Waals surface area (Å²) >= 11 is 0. The molecule has 0 fully saturated rings. The largest absolute Gasteiger partial charge is 0.465 e. The van der Waals surface area contributed by atoms with Gasteiger partial charge in [0, 0.05) is 0 Å². The number of aldehydes is 1. The summed E-state index contributed by atoms with van der Waals surface area (Å²) < 4.78 is 10.4. The minimum atomic E-state index is -1.14. The maximum absolute atomic E-state index is 11.8. The summed E-state index contributed by atoms with van der Waals surface area (Å²) in [6.07, 6.45) is 3.27. The SMILES string of the molecule is C/C(=C\c1ccco1)C(C)(C=O)NC(=O)OC(C)(C)C. The van der Waals surface area contributed by atoms with Crippen LogP contribution in [0.2, 0.25) is 0 Å². The van der Waals surface area contributed by atoms with E-state index in [1.807, 2.05) is 0 Å². The lowest BCUT2D eigenvalue weighted by Crippen LogP contribution is -2.50. The number of nitrogens with one attached hydrogen (secondary N) is 1. The number of hydrogen-bond donors (Lipinski definition) is 1. The van der Waals surface area contributed by atoms with Gasteiger partial charge in [-0.3, -0.25) is 0 Å². The number of rotatable bonds is 4. The van der Waals surface area contributed by atoms with Gasteiger partial charge in [-0.2, -0.15) is 0 Å². The lowest BCUT2D eigenvalue weighted by Gasteiger charge is -2.28. The molecule has 1 atom stereocenters. The number of carbonyl (C=O) groups excluding carboxylic acids is 2. The summed E-state index contributed by atoms with van der Waals surface area (Å²) in [5, 5.41) is 2.57. The zero-order valence-electron chi connectivity index (χ0n) is 12.5. The van der Waals surface area contributed by atoms with Gasteiger partial charge in [0.2, 0.25) is 0 Å². The molecule has 0 aliphatic rings. The van der Waals surface area contributed by atoms with Gasteiger partial charge in [-0.15, -0.1) is 0 Å². The minimum absolute atomic E-state index is 0.613. The maximum atomic E-state index is 11.8. The van der Waals surface area contributed by atoms with Crippen molar-refractivity contribution in [3.8, 4) is 0 Å². The molecule has 0 radical (unpaired) electrons. The molecule has 5 nitrogen and oxygen atoms in total. The van der Waals surface area contributed by atoms with Crippen LogP contribution in [-0.2, 0) is 9.53 Å². The summed E-state index contributed by atoms with van der Waals surface area (Å²) in [4.78, 5) is 23.2. The Morgan fingerprint density at radius 2 is 2.00 bits per heavy atom. The Bertz CT molecular complexity index is 496. The number of ether oxygens (including phenoxy) is 1. The second kappa shape index (κ2) is 5.94. The third-order valence-electron chi connectivity index (χ3n) is 2.72. The Kier molecular flexibility index (Phi) is 4.76. The van der Waals surface area contributed by atoms with Gasteiger partial charge in [-0.25, -0.2) is 4.79 Å². The van der Waals surface area contributed by atoms with Crippen LogP contribution >= 0.6 is 0 Å². The van der Waals surface area contributed by atoms with Gasteiger partial charge in [0.05, 0.1) is 6.26 Å². The minimum Gasteiger partial charge on any atom is -0.465 e. The highest BCUT2D eigenvalue weighted by atomic mass is 16.6. The Hall–Kier alpha value is -2.04. The fraction of sp³-hybridized carbons (Fsp3) is 0.467. The van der Waals surface area contributed by atoms with E-state index in [0.717, 1.165) is 0 Å². The molecule has 1 aromatic heterocycles. The van der Waals surface area contributed by atoms with Crippen LogP contribution in [0.5, 0.6) is 0 Å². The van der Waals surface area contributed by atoms with Crippen molar-refractivity contribution in [1.29, 1.82) is 0 Å². The molecule has 0 saturated heterocycles. The average Bonchev–Trinajstić information content (AvgIpc) is 2.78. The third-order valence-corrected chi connectivity index (χ3v) is 2.72. The molecule has 0 aromatic carbocycles. The number of carbonyl (C=O) groups is 2. The summed E-state index contributed by atoms with van der Waals surface area (Å²) in [6.45, 7) is 8.64. The maximum Gasteiger partial charge on any atom is 0.408 e. The Balaban J connectivity index is 2.86. The summed E-state index contributed by atoms with van der Waals surface area (Å²) in [5.41, 5.74) is -1.12. The van der Waals surface area contributed by atoms with Crippen molar-refractivity contribution < 1.29 is 18.7 Å². The first kappa shape index (κ1) is 16.0. The van der Waals surface area contributed by atoms with Gasteiger partial charge in [0.15, 0.2) is 0 Å². The van der Waals surface area contributed by atoms with Crippen LogP contribution in [0.3, 0.4) is 0 Å². The van der Waals surface area contributed by atoms with E-state index in [4.69, 9.17) is 9.15 Å². The molecule has 0 aliphatic heterocycles. The van der Waals surface area contributed by atoms with Gasteiger partial charge < -0.3 is 19.3 Å². The molecule has 110 valence electrons. The van der Waals surface area contributed by atoms with Crippen LogP contribution in [0.4, 0.5) is 4.79 Å². The van der Waals surface area contributed by atoms with Gasteiger partial charge in [0.25, 0.3) is 0 Å². The molecule has 20 heavy (non-hydrogen) atoms. The monoisotopic (exact) mass is 279 g/mol. The first-order valence-electron chi connectivity index (χ1n) is 6.36. The Morgan fingerprint density at radius 3 is 2.45 bits per heavy atom. The van der Waals surface area contributed by atoms with Crippen LogP contribution in [0.1, 0.15) is 40.4 Å². The van der Waals surface area contributed by atoms with Crippen LogP contribution in [-0.4, -0.2) is 23.5 Å². The lowest BCUT2D eigenvalue weighted by atomic mass is 9.94. The van der Waals surface area contributed by atoms with Crippen molar-refractivity contribution in [3.05, 3.63) is 29.7 Å². The molecular weight excluding hydrogens is 258 g/mol. The molecule has 1 N–H and O–H groups in total. The second-order valence-electron chi connectivity index (χ2n) is 5.79. The number of alkyl carbamates (subject to hydrolysis) is 1. The highest BCUT2D eigenvalue weighted by Crippen LogP contribution is 2.19. The molecule has 1 unspecified atom stereocenters. The van der Waals surface area contributed by atoms with Crippen LogP contribution in [0.15, 0.2) is 28.4 Å². The fourth-order valence-corrected chi connectivity index (χ4v) is 1.47. The van der Waals surface area contributed by atoms with E-state index >= 15 is 0 Å². The van der Waals surface area contributed by atoms with Crippen molar-refractivity contribution in [1.82, 2.24) is 5.32 Å². The van der Waals surface area contributed by atoms with Crippen molar-refractivity contribution in [2.24, 2.45) is 0 Å². The first-order valence-corrected chi connectivity index (χ1v) is 6.36. The van der Waals surface area contributed by atoms with Crippen LogP contribution in [0.25, 0.3) is 6.08 Å². The zero-order chi connectivity index (χ0) is 15.4. The van der Waals surface area contributed by atoms with Crippen LogP contribution < -0.4 is 5.32 Å². The number of hydrogen-bond acceptors (Lipinski definition) is 4. The fourth-order valence-electron chi connectivity index (χ4n) is 1.47. The molecule has 0 bridgehead atoms. The topological polar surface area (TPSA) is 68.5 Å². The number of amides is 1. The standard InChI is InChI=1S/C15H21NO4/c1-11(9-12-7-6-8-19-12)15(5,10-17)16-13(18)20-14(2,3)4/h6-10H,1-5H3,(H,16,18)/b11-9+. The summed E-state index contributed by atoms with van der Waals surface area (Å²) in [5.74, 6) is 0.613. The molecule has 5 heteroatoms.